The highest BCUT2D eigenvalue weighted by molar-refractivity contribution is 5.88. The van der Waals surface area contributed by atoms with Crippen molar-refractivity contribution in [1.29, 1.82) is 0 Å². The average molecular weight is 421 g/mol. The number of carbonyl (C=O) groups excluding carboxylic acids is 2. The summed E-state index contributed by atoms with van der Waals surface area (Å²) in [6.07, 6.45) is 6.13. The second-order valence-corrected chi connectivity index (χ2v) is 8.85. The van der Waals surface area contributed by atoms with Crippen molar-refractivity contribution in [3.63, 3.8) is 0 Å². The molecule has 0 radical (unpaired) electrons. The Morgan fingerprint density at radius 3 is 2.35 bits per heavy atom. The van der Waals surface area contributed by atoms with Gasteiger partial charge in [-0.15, -0.1) is 0 Å². The Balaban J connectivity index is 1.76. The van der Waals surface area contributed by atoms with Gasteiger partial charge in [0.1, 0.15) is 6.04 Å². The van der Waals surface area contributed by atoms with E-state index in [9.17, 15) is 9.59 Å². The largest absolute Gasteiger partial charge is 0.352 e. The van der Waals surface area contributed by atoms with Gasteiger partial charge in [0.25, 0.3) is 0 Å². The van der Waals surface area contributed by atoms with Gasteiger partial charge in [-0.3, -0.25) is 9.59 Å². The summed E-state index contributed by atoms with van der Waals surface area (Å²) < 4.78 is 0. The highest BCUT2D eigenvalue weighted by atomic mass is 16.2. The number of hydrogen-bond acceptors (Lipinski definition) is 2. The van der Waals surface area contributed by atoms with E-state index in [2.05, 4.69) is 55.6 Å². The quantitative estimate of drug-likeness (QED) is 0.613. The molecule has 3 rings (SSSR count). The molecule has 1 aliphatic rings. The second kappa shape index (κ2) is 11.1. The van der Waals surface area contributed by atoms with Gasteiger partial charge in [0, 0.05) is 19.0 Å². The van der Waals surface area contributed by atoms with Crippen molar-refractivity contribution in [2.75, 3.05) is 0 Å². The number of carbonyl (C=O) groups is 2. The third-order valence-corrected chi connectivity index (χ3v) is 6.44. The van der Waals surface area contributed by atoms with Gasteiger partial charge in [-0.05, 0) is 56.2 Å². The number of nitrogens with zero attached hydrogens (tertiary/aromatic N) is 1. The Kier molecular flexibility index (Phi) is 8.27. The van der Waals surface area contributed by atoms with Gasteiger partial charge in [-0.2, -0.15) is 0 Å². The van der Waals surface area contributed by atoms with Gasteiger partial charge < -0.3 is 10.2 Å². The van der Waals surface area contributed by atoms with E-state index in [1.807, 2.05) is 19.1 Å². The van der Waals surface area contributed by atoms with E-state index in [-0.39, 0.29) is 17.9 Å². The van der Waals surface area contributed by atoms with E-state index in [4.69, 9.17) is 0 Å². The van der Waals surface area contributed by atoms with Crippen molar-refractivity contribution < 1.29 is 9.59 Å². The number of nitrogens with one attached hydrogen (secondary N) is 1. The summed E-state index contributed by atoms with van der Waals surface area (Å²) in [6.45, 7) is 6.59. The summed E-state index contributed by atoms with van der Waals surface area (Å²) in [5.74, 6) is 0.0314. The summed E-state index contributed by atoms with van der Waals surface area (Å²) in [6, 6.07) is 16.3. The third-order valence-electron chi connectivity index (χ3n) is 6.44. The van der Waals surface area contributed by atoms with Crippen LogP contribution in [0.15, 0.2) is 48.5 Å². The second-order valence-electron chi connectivity index (χ2n) is 8.85. The van der Waals surface area contributed by atoms with Crippen molar-refractivity contribution in [2.45, 2.75) is 84.3 Å². The fourth-order valence-electron chi connectivity index (χ4n) is 4.41. The van der Waals surface area contributed by atoms with Crippen LogP contribution in [0.3, 0.4) is 0 Å². The predicted octanol–water partition coefficient (Wildman–Crippen LogP) is 5.10. The van der Waals surface area contributed by atoms with E-state index in [0.29, 0.717) is 25.8 Å². The molecule has 0 saturated heterocycles. The molecule has 4 nitrogen and oxygen atoms in total. The lowest BCUT2D eigenvalue weighted by molar-refractivity contribution is -0.141. The minimum atomic E-state index is -0.439. The molecule has 0 spiro atoms. The molecule has 2 aromatic rings. The average Bonchev–Trinajstić information content (AvgIpc) is 3.27. The Bertz CT molecular complexity index is 869. The fraction of sp³-hybridized carbons (Fsp3) is 0.481. The first-order chi connectivity index (χ1) is 15.0. The topological polar surface area (TPSA) is 49.4 Å². The van der Waals surface area contributed by atoms with E-state index in [1.54, 1.807) is 4.90 Å². The first-order valence-corrected chi connectivity index (χ1v) is 11.7. The summed E-state index contributed by atoms with van der Waals surface area (Å²) in [4.78, 5) is 28.4. The van der Waals surface area contributed by atoms with Crippen LogP contribution in [0.2, 0.25) is 0 Å². The minimum Gasteiger partial charge on any atom is -0.352 e. The Morgan fingerprint density at radius 1 is 1.03 bits per heavy atom. The summed E-state index contributed by atoms with van der Waals surface area (Å²) in [5, 5.41) is 3.21. The standard InChI is InChI=1S/C27H36N2O2/c1-4-25(27(31)28-24-11-7-8-12-24)29(19-23-10-6-5-9-21(23)3)26(30)18-17-22-15-13-20(2)14-16-22/h5-6,9-10,13-16,24-25H,4,7-8,11-12,17-19H2,1-3H3,(H,28,31). The van der Waals surface area contributed by atoms with Crippen LogP contribution in [-0.2, 0) is 22.6 Å². The number of hydrogen-bond donors (Lipinski definition) is 1. The predicted molar refractivity (Wildman–Crippen MR) is 126 cm³/mol. The Hall–Kier alpha value is -2.62. The van der Waals surface area contributed by atoms with Crippen LogP contribution in [-0.4, -0.2) is 28.8 Å². The van der Waals surface area contributed by atoms with Crippen LogP contribution in [0.4, 0.5) is 0 Å². The zero-order valence-corrected chi connectivity index (χ0v) is 19.2. The maximum atomic E-state index is 13.4. The Morgan fingerprint density at radius 2 is 1.71 bits per heavy atom. The fourth-order valence-corrected chi connectivity index (χ4v) is 4.41. The van der Waals surface area contributed by atoms with E-state index >= 15 is 0 Å². The SMILES string of the molecule is CCC(C(=O)NC1CCCC1)N(Cc1ccccc1C)C(=O)CCc1ccc(C)cc1. The molecule has 0 aromatic heterocycles. The lowest BCUT2D eigenvalue weighted by Crippen LogP contribution is -2.51. The monoisotopic (exact) mass is 420 g/mol. The molecule has 1 atom stereocenters. The number of rotatable bonds is 9. The number of benzene rings is 2. The lowest BCUT2D eigenvalue weighted by atomic mass is 10.0. The molecule has 1 saturated carbocycles. The Labute approximate surface area is 187 Å². The maximum absolute atomic E-state index is 13.4. The third kappa shape index (κ3) is 6.43. The smallest absolute Gasteiger partial charge is 0.243 e. The lowest BCUT2D eigenvalue weighted by Gasteiger charge is -2.32. The van der Waals surface area contributed by atoms with Crippen molar-refractivity contribution in [3.8, 4) is 0 Å². The van der Waals surface area contributed by atoms with Crippen LogP contribution in [0.5, 0.6) is 0 Å². The minimum absolute atomic E-state index is 0.00771. The number of amides is 2. The maximum Gasteiger partial charge on any atom is 0.243 e. The van der Waals surface area contributed by atoms with Gasteiger partial charge in [0.2, 0.25) is 11.8 Å². The van der Waals surface area contributed by atoms with Crippen molar-refractivity contribution >= 4 is 11.8 Å². The van der Waals surface area contributed by atoms with Crippen molar-refractivity contribution in [3.05, 3.63) is 70.8 Å². The van der Waals surface area contributed by atoms with Crippen LogP contribution in [0, 0.1) is 13.8 Å². The summed E-state index contributed by atoms with van der Waals surface area (Å²) in [7, 11) is 0. The van der Waals surface area contributed by atoms with Crippen LogP contribution in [0.1, 0.15) is 67.7 Å². The molecule has 1 N–H and O–H groups in total. The first-order valence-electron chi connectivity index (χ1n) is 11.7. The zero-order valence-electron chi connectivity index (χ0n) is 19.2. The van der Waals surface area contributed by atoms with E-state index < -0.39 is 6.04 Å². The molecule has 31 heavy (non-hydrogen) atoms. The molecule has 1 fully saturated rings. The summed E-state index contributed by atoms with van der Waals surface area (Å²) >= 11 is 0. The van der Waals surface area contributed by atoms with Gasteiger partial charge in [-0.1, -0.05) is 73.9 Å². The molecular formula is C27H36N2O2. The molecule has 166 valence electrons. The molecule has 1 aliphatic carbocycles. The van der Waals surface area contributed by atoms with E-state index in [1.165, 1.54) is 18.4 Å². The first kappa shape index (κ1) is 23.1. The highest BCUT2D eigenvalue weighted by Crippen LogP contribution is 2.20. The normalized spacial score (nSPS) is 14.9. The summed E-state index contributed by atoms with van der Waals surface area (Å²) in [5.41, 5.74) is 4.60. The molecule has 0 heterocycles. The number of aryl methyl sites for hydroxylation is 3. The van der Waals surface area contributed by atoms with Crippen LogP contribution < -0.4 is 5.32 Å². The molecule has 0 bridgehead atoms. The van der Waals surface area contributed by atoms with Crippen molar-refractivity contribution in [2.24, 2.45) is 0 Å². The molecule has 2 amide bonds. The molecule has 0 aliphatic heterocycles. The van der Waals surface area contributed by atoms with Gasteiger partial charge in [-0.25, -0.2) is 0 Å². The molecular weight excluding hydrogens is 384 g/mol. The highest BCUT2D eigenvalue weighted by Gasteiger charge is 2.30. The van der Waals surface area contributed by atoms with E-state index in [0.717, 1.165) is 29.5 Å². The molecule has 2 aromatic carbocycles. The molecule has 4 heteroatoms. The van der Waals surface area contributed by atoms with Crippen molar-refractivity contribution in [1.82, 2.24) is 10.2 Å². The molecule has 1 unspecified atom stereocenters. The van der Waals surface area contributed by atoms with Gasteiger partial charge in [0.15, 0.2) is 0 Å². The van der Waals surface area contributed by atoms with Crippen LogP contribution >= 0.6 is 0 Å². The van der Waals surface area contributed by atoms with Crippen LogP contribution in [0.25, 0.3) is 0 Å². The van der Waals surface area contributed by atoms with Gasteiger partial charge in [0.05, 0.1) is 0 Å². The van der Waals surface area contributed by atoms with Gasteiger partial charge >= 0.3 is 0 Å². The zero-order chi connectivity index (χ0) is 22.2.